The second-order valence-corrected chi connectivity index (χ2v) is 6.80. The van der Waals surface area contributed by atoms with Crippen molar-refractivity contribution in [1.29, 1.82) is 0 Å². The van der Waals surface area contributed by atoms with Crippen molar-refractivity contribution in [1.82, 2.24) is 15.0 Å². The van der Waals surface area contributed by atoms with E-state index in [1.165, 1.54) is 17.8 Å². The highest BCUT2D eigenvalue weighted by Crippen LogP contribution is 2.36. The zero-order valence-corrected chi connectivity index (χ0v) is 15.1. The third kappa shape index (κ3) is 3.60. The summed E-state index contributed by atoms with van der Waals surface area (Å²) in [5.74, 6) is 0.424. The first-order chi connectivity index (χ1) is 11.4. The number of anilines is 1. The minimum Gasteiger partial charge on any atom is -0.380 e. The van der Waals surface area contributed by atoms with E-state index in [1.807, 2.05) is 11.2 Å². The van der Waals surface area contributed by atoms with Gasteiger partial charge in [0.2, 0.25) is 0 Å². The van der Waals surface area contributed by atoms with Gasteiger partial charge in [-0.25, -0.2) is 15.0 Å². The van der Waals surface area contributed by atoms with Crippen LogP contribution in [-0.2, 0) is 10.9 Å². The molecule has 0 atom stereocenters. The van der Waals surface area contributed by atoms with Gasteiger partial charge in [-0.1, -0.05) is 11.8 Å². The summed E-state index contributed by atoms with van der Waals surface area (Å²) in [6.07, 6.45) is -1.95. The molecule has 0 aromatic carbocycles. The molecule has 0 amide bonds. The normalized spacial score (nSPS) is 16.5. The van der Waals surface area contributed by atoms with Crippen molar-refractivity contribution in [2.45, 2.75) is 17.8 Å². The van der Waals surface area contributed by atoms with Gasteiger partial charge in [-0.05, 0) is 34.7 Å². The number of hydrogen-bond acceptors (Lipinski definition) is 6. The molecule has 0 spiro atoms. The zero-order valence-electron chi connectivity index (χ0n) is 12.7. The maximum Gasteiger partial charge on any atom is 0.434 e. The molecule has 130 valence electrons. The van der Waals surface area contributed by atoms with Crippen molar-refractivity contribution in [3.05, 3.63) is 16.2 Å². The van der Waals surface area contributed by atoms with E-state index < -0.39 is 11.9 Å². The second kappa shape index (κ2) is 7.01. The monoisotopic (exact) mass is 422 g/mol. The van der Waals surface area contributed by atoms with Crippen LogP contribution in [0.2, 0.25) is 0 Å². The zero-order chi connectivity index (χ0) is 17.3. The van der Waals surface area contributed by atoms with E-state index in [4.69, 9.17) is 4.74 Å². The molecular formula is C14H14BrF3N4OS. The molecule has 0 unspecified atom stereocenters. The van der Waals surface area contributed by atoms with Crippen LogP contribution in [0.25, 0.3) is 11.0 Å². The van der Waals surface area contributed by atoms with Crippen LogP contribution in [0.5, 0.6) is 0 Å². The standard InChI is InChI=1S/C14H14BrF3N4OS/c1-24-13-19-9-7-8(15)11(14(16,17)18)20-10(9)12(21-13)22-3-2-5-23-6-4-22/h7H,2-6H2,1H3. The molecule has 0 bridgehead atoms. The molecule has 10 heteroatoms. The molecule has 0 saturated carbocycles. The van der Waals surface area contributed by atoms with Crippen LogP contribution in [0.3, 0.4) is 0 Å². The number of nitrogens with zero attached hydrogens (tertiary/aromatic N) is 4. The van der Waals surface area contributed by atoms with Crippen molar-refractivity contribution in [3.63, 3.8) is 0 Å². The average molecular weight is 423 g/mol. The Kier molecular flexibility index (Phi) is 5.16. The summed E-state index contributed by atoms with van der Waals surface area (Å²) in [7, 11) is 0. The predicted octanol–water partition coefficient (Wildman–Crippen LogP) is 3.75. The third-order valence-corrected chi connectivity index (χ3v) is 4.71. The Bertz CT molecular complexity index is 751. The number of halogens is 4. The Balaban J connectivity index is 2.20. The summed E-state index contributed by atoms with van der Waals surface area (Å²) in [5, 5.41) is 0.496. The predicted molar refractivity (Wildman–Crippen MR) is 89.5 cm³/mol. The number of fused-ring (bicyclic) bond motifs is 1. The lowest BCUT2D eigenvalue weighted by molar-refractivity contribution is -0.141. The van der Waals surface area contributed by atoms with Crippen LogP contribution in [0.4, 0.5) is 19.0 Å². The molecule has 3 rings (SSSR count). The Morgan fingerprint density at radius 1 is 1.21 bits per heavy atom. The number of thioether (sulfide) groups is 1. The number of alkyl halides is 3. The maximum atomic E-state index is 13.2. The van der Waals surface area contributed by atoms with Crippen LogP contribution >= 0.6 is 27.7 Å². The number of rotatable bonds is 2. The first-order valence-corrected chi connectivity index (χ1v) is 9.24. The summed E-state index contributed by atoms with van der Waals surface area (Å²) in [6, 6.07) is 1.35. The Hall–Kier alpha value is -1.13. The van der Waals surface area contributed by atoms with Gasteiger partial charge in [0, 0.05) is 19.7 Å². The fourth-order valence-electron chi connectivity index (χ4n) is 2.47. The van der Waals surface area contributed by atoms with Gasteiger partial charge < -0.3 is 9.64 Å². The highest BCUT2D eigenvalue weighted by Gasteiger charge is 2.36. The molecule has 1 fully saturated rings. The summed E-state index contributed by atoms with van der Waals surface area (Å²) >= 11 is 4.29. The van der Waals surface area contributed by atoms with Crippen molar-refractivity contribution in [2.75, 3.05) is 37.5 Å². The molecule has 0 N–H and O–H groups in total. The van der Waals surface area contributed by atoms with Gasteiger partial charge >= 0.3 is 6.18 Å². The molecule has 0 radical (unpaired) electrons. The highest BCUT2D eigenvalue weighted by atomic mass is 79.9. The topological polar surface area (TPSA) is 51.1 Å². The summed E-state index contributed by atoms with van der Waals surface area (Å²) in [6.45, 7) is 2.34. The number of aromatic nitrogens is 3. The molecule has 24 heavy (non-hydrogen) atoms. The van der Waals surface area contributed by atoms with Crippen LogP contribution in [0, 0.1) is 0 Å². The Labute approximate surface area is 149 Å². The number of hydrogen-bond donors (Lipinski definition) is 0. The van der Waals surface area contributed by atoms with Gasteiger partial charge in [0.1, 0.15) is 5.52 Å². The van der Waals surface area contributed by atoms with E-state index in [1.54, 1.807) is 0 Å². The first kappa shape index (κ1) is 17.7. The van der Waals surface area contributed by atoms with Gasteiger partial charge in [0.15, 0.2) is 16.7 Å². The van der Waals surface area contributed by atoms with Crippen LogP contribution in [-0.4, -0.2) is 47.5 Å². The molecule has 1 aliphatic heterocycles. The highest BCUT2D eigenvalue weighted by molar-refractivity contribution is 9.10. The average Bonchev–Trinajstić information content (AvgIpc) is 2.81. The lowest BCUT2D eigenvalue weighted by Crippen LogP contribution is -2.27. The third-order valence-electron chi connectivity index (χ3n) is 3.56. The van der Waals surface area contributed by atoms with E-state index in [0.29, 0.717) is 42.8 Å². The van der Waals surface area contributed by atoms with Gasteiger partial charge in [-0.15, -0.1) is 0 Å². The van der Waals surface area contributed by atoms with E-state index in [0.717, 1.165) is 6.42 Å². The van der Waals surface area contributed by atoms with E-state index in [-0.39, 0.29) is 9.99 Å². The van der Waals surface area contributed by atoms with Crippen LogP contribution < -0.4 is 4.90 Å². The largest absolute Gasteiger partial charge is 0.434 e. The molecule has 2 aromatic heterocycles. The molecule has 3 heterocycles. The van der Waals surface area contributed by atoms with Crippen molar-refractivity contribution < 1.29 is 17.9 Å². The Morgan fingerprint density at radius 3 is 2.71 bits per heavy atom. The van der Waals surface area contributed by atoms with E-state index in [2.05, 4.69) is 30.9 Å². The maximum absolute atomic E-state index is 13.2. The molecule has 2 aromatic rings. The van der Waals surface area contributed by atoms with Crippen LogP contribution in [0.1, 0.15) is 12.1 Å². The second-order valence-electron chi connectivity index (χ2n) is 5.17. The molecule has 1 saturated heterocycles. The van der Waals surface area contributed by atoms with Crippen LogP contribution in [0.15, 0.2) is 15.7 Å². The van der Waals surface area contributed by atoms with Gasteiger partial charge in [-0.3, -0.25) is 0 Å². The molecular weight excluding hydrogens is 409 g/mol. The van der Waals surface area contributed by atoms with Crippen molar-refractivity contribution >= 4 is 44.5 Å². The number of ether oxygens (including phenoxy) is 1. The molecule has 5 nitrogen and oxygen atoms in total. The first-order valence-electron chi connectivity index (χ1n) is 7.22. The Morgan fingerprint density at radius 2 is 2.00 bits per heavy atom. The lowest BCUT2D eigenvalue weighted by atomic mass is 10.2. The lowest BCUT2D eigenvalue weighted by Gasteiger charge is -2.22. The van der Waals surface area contributed by atoms with E-state index in [9.17, 15) is 13.2 Å². The van der Waals surface area contributed by atoms with Gasteiger partial charge in [-0.2, -0.15) is 13.2 Å². The quantitative estimate of drug-likeness (QED) is 0.542. The molecule has 1 aliphatic rings. The minimum absolute atomic E-state index is 0.126. The van der Waals surface area contributed by atoms with Crippen molar-refractivity contribution in [2.24, 2.45) is 0 Å². The van der Waals surface area contributed by atoms with Crippen molar-refractivity contribution in [3.8, 4) is 0 Å². The fraction of sp³-hybridized carbons (Fsp3) is 0.500. The summed E-state index contributed by atoms with van der Waals surface area (Å²) < 4.78 is 44.9. The molecule has 0 aliphatic carbocycles. The van der Waals surface area contributed by atoms with Gasteiger partial charge in [0.25, 0.3) is 0 Å². The SMILES string of the molecule is CSc1nc(N2CCCOCC2)c2nc(C(F)(F)F)c(Br)cc2n1. The minimum atomic E-state index is -4.55. The van der Waals surface area contributed by atoms with E-state index >= 15 is 0 Å². The summed E-state index contributed by atoms with van der Waals surface area (Å²) in [5.41, 5.74) is -0.428. The fourth-order valence-corrected chi connectivity index (χ4v) is 3.37. The summed E-state index contributed by atoms with van der Waals surface area (Å²) in [4.78, 5) is 14.5. The smallest absolute Gasteiger partial charge is 0.380 e. The number of pyridine rings is 1. The van der Waals surface area contributed by atoms with Gasteiger partial charge in [0.05, 0.1) is 16.6 Å².